The minimum atomic E-state index is -4.47. The lowest BCUT2D eigenvalue weighted by Gasteiger charge is -2.11. The Morgan fingerprint density at radius 3 is 1.83 bits per heavy atom. The SMILES string of the molecule is CC(=O)OC(C)=O.COc1cc(NC(C)=O)cc(C(F)(F)F)c1. The Bertz CT molecular complexity index is 572. The van der Waals surface area contributed by atoms with Gasteiger partial charge in [0.1, 0.15) is 5.75 Å². The first-order valence-corrected chi connectivity index (χ1v) is 6.18. The lowest BCUT2D eigenvalue weighted by Crippen LogP contribution is -2.09. The number of hydrogen-bond donors (Lipinski definition) is 1. The predicted molar refractivity (Wildman–Crippen MR) is 74.7 cm³/mol. The Morgan fingerprint density at radius 1 is 1.00 bits per heavy atom. The summed E-state index contributed by atoms with van der Waals surface area (Å²) in [6.45, 7) is 3.58. The molecule has 6 nitrogen and oxygen atoms in total. The second-order valence-corrected chi connectivity index (χ2v) is 4.21. The smallest absolute Gasteiger partial charge is 0.416 e. The van der Waals surface area contributed by atoms with Gasteiger partial charge in [0.25, 0.3) is 0 Å². The molecule has 0 unspecified atom stereocenters. The number of methoxy groups -OCH3 is 1. The van der Waals surface area contributed by atoms with Gasteiger partial charge in [-0.1, -0.05) is 0 Å². The van der Waals surface area contributed by atoms with E-state index < -0.39 is 29.6 Å². The van der Waals surface area contributed by atoms with Crippen LogP contribution < -0.4 is 10.1 Å². The molecular formula is C14H16F3NO5. The molecule has 0 fully saturated rings. The average Bonchev–Trinajstić information content (AvgIpc) is 2.35. The van der Waals surface area contributed by atoms with Crippen LogP contribution in [-0.2, 0) is 25.3 Å². The second kappa shape index (κ2) is 8.76. The van der Waals surface area contributed by atoms with Crippen LogP contribution in [0.25, 0.3) is 0 Å². The van der Waals surface area contributed by atoms with Gasteiger partial charge < -0.3 is 14.8 Å². The Labute approximate surface area is 130 Å². The van der Waals surface area contributed by atoms with Crippen molar-refractivity contribution in [1.29, 1.82) is 0 Å². The highest BCUT2D eigenvalue weighted by Crippen LogP contribution is 2.34. The van der Waals surface area contributed by atoms with E-state index >= 15 is 0 Å². The van der Waals surface area contributed by atoms with E-state index in [2.05, 4.69) is 10.1 Å². The summed E-state index contributed by atoms with van der Waals surface area (Å²) in [5, 5.41) is 2.27. The normalized spacial score (nSPS) is 10.0. The van der Waals surface area contributed by atoms with E-state index in [1.807, 2.05) is 0 Å². The van der Waals surface area contributed by atoms with Gasteiger partial charge in [0.2, 0.25) is 5.91 Å². The van der Waals surface area contributed by atoms with Crippen LogP contribution in [0, 0.1) is 0 Å². The largest absolute Gasteiger partial charge is 0.497 e. The topological polar surface area (TPSA) is 81.7 Å². The molecule has 0 aromatic heterocycles. The zero-order valence-electron chi connectivity index (χ0n) is 12.9. The molecule has 1 aromatic carbocycles. The van der Waals surface area contributed by atoms with Crippen molar-refractivity contribution in [3.63, 3.8) is 0 Å². The number of amides is 1. The van der Waals surface area contributed by atoms with E-state index in [1.54, 1.807) is 0 Å². The fraction of sp³-hybridized carbons (Fsp3) is 0.357. The minimum Gasteiger partial charge on any atom is -0.497 e. The van der Waals surface area contributed by atoms with Gasteiger partial charge in [-0.2, -0.15) is 13.2 Å². The summed E-state index contributed by atoms with van der Waals surface area (Å²) in [7, 11) is 1.26. The lowest BCUT2D eigenvalue weighted by atomic mass is 10.2. The van der Waals surface area contributed by atoms with E-state index in [0.29, 0.717) is 0 Å². The summed E-state index contributed by atoms with van der Waals surface area (Å²) in [6, 6.07) is 3.03. The molecule has 0 saturated heterocycles. The summed E-state index contributed by atoms with van der Waals surface area (Å²) in [4.78, 5) is 30.4. The molecule has 1 aromatic rings. The summed E-state index contributed by atoms with van der Waals surface area (Å²) in [6.07, 6.45) is -4.47. The molecular weight excluding hydrogens is 319 g/mol. The van der Waals surface area contributed by atoms with Crippen LogP contribution in [0.4, 0.5) is 18.9 Å². The first kappa shape index (κ1) is 20.4. The molecule has 0 heterocycles. The number of ether oxygens (including phenoxy) is 2. The molecule has 0 bridgehead atoms. The van der Waals surface area contributed by atoms with Crippen LogP contribution in [0.15, 0.2) is 18.2 Å². The van der Waals surface area contributed by atoms with E-state index in [-0.39, 0.29) is 11.4 Å². The number of anilines is 1. The van der Waals surface area contributed by atoms with Crippen molar-refractivity contribution in [1.82, 2.24) is 0 Å². The van der Waals surface area contributed by atoms with Gasteiger partial charge in [-0.05, 0) is 12.1 Å². The minimum absolute atomic E-state index is 0.0403. The number of hydrogen-bond acceptors (Lipinski definition) is 5. The summed E-state index contributed by atoms with van der Waals surface area (Å²) < 4.78 is 46.1. The third-order valence-electron chi connectivity index (χ3n) is 2.08. The van der Waals surface area contributed by atoms with Gasteiger partial charge in [0.05, 0.1) is 12.7 Å². The number of rotatable bonds is 2. The Balaban J connectivity index is 0.000000585. The molecule has 0 saturated carbocycles. The van der Waals surface area contributed by atoms with Crippen molar-refractivity contribution in [2.75, 3.05) is 12.4 Å². The quantitative estimate of drug-likeness (QED) is 0.664. The summed E-state index contributed by atoms with van der Waals surface area (Å²) in [5.74, 6) is -1.53. The summed E-state index contributed by atoms with van der Waals surface area (Å²) in [5.41, 5.74) is -0.810. The van der Waals surface area contributed by atoms with Crippen molar-refractivity contribution >= 4 is 23.5 Å². The summed E-state index contributed by atoms with van der Waals surface area (Å²) >= 11 is 0. The van der Waals surface area contributed by atoms with Crippen molar-refractivity contribution in [2.24, 2.45) is 0 Å². The number of esters is 2. The van der Waals surface area contributed by atoms with E-state index in [1.165, 1.54) is 33.9 Å². The highest BCUT2D eigenvalue weighted by atomic mass is 19.4. The Kier molecular flexibility index (Phi) is 7.78. The van der Waals surface area contributed by atoms with Crippen LogP contribution in [0.3, 0.4) is 0 Å². The fourth-order valence-electron chi connectivity index (χ4n) is 1.36. The number of benzene rings is 1. The predicted octanol–water partition coefficient (Wildman–Crippen LogP) is 2.77. The van der Waals surface area contributed by atoms with Gasteiger partial charge in [-0.3, -0.25) is 14.4 Å². The molecule has 9 heteroatoms. The molecule has 128 valence electrons. The zero-order valence-corrected chi connectivity index (χ0v) is 12.9. The van der Waals surface area contributed by atoms with Gasteiger partial charge in [-0.25, -0.2) is 0 Å². The number of alkyl halides is 3. The molecule has 1 rings (SSSR count). The van der Waals surface area contributed by atoms with Crippen LogP contribution in [0.2, 0.25) is 0 Å². The standard InChI is InChI=1S/C10H10F3NO2.C4H6O3/c1-6(15)14-8-3-7(10(11,12)13)4-9(5-8)16-2;1-3(5)7-4(2)6/h3-5H,1-2H3,(H,14,15);1-2H3. The van der Waals surface area contributed by atoms with Crippen LogP contribution in [-0.4, -0.2) is 25.0 Å². The van der Waals surface area contributed by atoms with Gasteiger partial charge in [0.15, 0.2) is 0 Å². The highest BCUT2D eigenvalue weighted by Gasteiger charge is 2.31. The molecule has 0 aliphatic carbocycles. The first-order chi connectivity index (χ1) is 10.5. The Hall–Kier alpha value is -2.58. The maximum absolute atomic E-state index is 12.5. The molecule has 0 radical (unpaired) electrons. The van der Waals surface area contributed by atoms with Crippen molar-refractivity contribution < 1.29 is 37.0 Å². The van der Waals surface area contributed by atoms with Crippen LogP contribution >= 0.6 is 0 Å². The molecule has 0 spiro atoms. The molecule has 1 amide bonds. The van der Waals surface area contributed by atoms with E-state index in [9.17, 15) is 27.6 Å². The van der Waals surface area contributed by atoms with Crippen LogP contribution in [0.5, 0.6) is 5.75 Å². The number of carbonyl (C=O) groups excluding carboxylic acids is 3. The molecule has 23 heavy (non-hydrogen) atoms. The number of nitrogens with one attached hydrogen (secondary N) is 1. The molecule has 0 aliphatic rings. The van der Waals surface area contributed by atoms with Crippen LogP contribution in [0.1, 0.15) is 26.3 Å². The van der Waals surface area contributed by atoms with Crippen molar-refractivity contribution in [2.45, 2.75) is 26.9 Å². The average molecular weight is 335 g/mol. The molecule has 1 N–H and O–H groups in total. The number of carbonyl (C=O) groups is 3. The first-order valence-electron chi connectivity index (χ1n) is 6.18. The third-order valence-corrected chi connectivity index (χ3v) is 2.08. The maximum atomic E-state index is 12.5. The number of halogens is 3. The maximum Gasteiger partial charge on any atom is 0.416 e. The Morgan fingerprint density at radius 2 is 1.52 bits per heavy atom. The monoisotopic (exact) mass is 335 g/mol. The molecule has 0 atom stereocenters. The van der Waals surface area contributed by atoms with Crippen molar-refractivity contribution in [3.8, 4) is 5.75 Å². The third kappa shape index (κ3) is 9.12. The van der Waals surface area contributed by atoms with Gasteiger partial charge in [-0.15, -0.1) is 0 Å². The van der Waals surface area contributed by atoms with E-state index in [4.69, 9.17) is 4.74 Å². The lowest BCUT2D eigenvalue weighted by molar-refractivity contribution is -0.156. The second-order valence-electron chi connectivity index (χ2n) is 4.21. The fourth-order valence-corrected chi connectivity index (χ4v) is 1.36. The van der Waals surface area contributed by atoms with Crippen molar-refractivity contribution in [3.05, 3.63) is 23.8 Å². The zero-order chi connectivity index (χ0) is 18.2. The van der Waals surface area contributed by atoms with Gasteiger partial charge >= 0.3 is 18.1 Å². The van der Waals surface area contributed by atoms with E-state index in [0.717, 1.165) is 12.1 Å². The van der Waals surface area contributed by atoms with Gasteiger partial charge in [0, 0.05) is 32.5 Å². The highest BCUT2D eigenvalue weighted by molar-refractivity contribution is 5.89. The molecule has 0 aliphatic heterocycles.